The molecule has 0 bridgehead atoms. The van der Waals surface area contributed by atoms with E-state index in [1.807, 2.05) is 20.8 Å². The van der Waals surface area contributed by atoms with E-state index in [0.29, 0.717) is 0 Å². The first-order valence-corrected chi connectivity index (χ1v) is 6.54. The van der Waals surface area contributed by atoms with Crippen molar-refractivity contribution < 1.29 is 9.53 Å². The third kappa shape index (κ3) is 2.71. The molecule has 2 aliphatic rings. The second-order valence-corrected chi connectivity index (χ2v) is 6.24. The van der Waals surface area contributed by atoms with Crippen molar-refractivity contribution in [2.45, 2.75) is 45.6 Å². The van der Waals surface area contributed by atoms with Crippen LogP contribution < -0.4 is 5.32 Å². The Morgan fingerprint density at radius 1 is 1.47 bits per heavy atom. The molecule has 0 amide bonds. The topological polar surface area (TPSA) is 38.3 Å². The summed E-state index contributed by atoms with van der Waals surface area (Å²) in [7, 11) is 0. The molecule has 2 atom stereocenters. The summed E-state index contributed by atoms with van der Waals surface area (Å²) in [6, 6.07) is 0. The molecule has 1 N–H and O–H groups in total. The van der Waals surface area contributed by atoms with Gasteiger partial charge in [0, 0.05) is 12.0 Å². The normalized spacial score (nSPS) is 33.0. The Balaban J connectivity index is 2.08. The summed E-state index contributed by atoms with van der Waals surface area (Å²) in [6.45, 7) is 7.77. The van der Waals surface area contributed by atoms with Crippen LogP contribution in [0.25, 0.3) is 0 Å². The number of hydrogen-bond donors (Lipinski definition) is 1. The summed E-state index contributed by atoms with van der Waals surface area (Å²) in [6.07, 6.45) is 7.44. The van der Waals surface area contributed by atoms with E-state index in [0.717, 1.165) is 32.4 Å². The third-order valence-corrected chi connectivity index (χ3v) is 3.66. The largest absolute Gasteiger partial charge is 0.460 e. The van der Waals surface area contributed by atoms with Crippen LogP contribution in [-0.2, 0) is 9.53 Å². The van der Waals surface area contributed by atoms with Gasteiger partial charge in [-0.15, -0.1) is 0 Å². The first kappa shape index (κ1) is 12.6. The molecule has 2 unspecified atom stereocenters. The zero-order valence-corrected chi connectivity index (χ0v) is 11.1. The van der Waals surface area contributed by atoms with Crippen LogP contribution in [0.3, 0.4) is 0 Å². The smallest absolute Gasteiger partial charge is 0.310 e. The zero-order chi connectivity index (χ0) is 12.5. The number of ether oxygens (including phenoxy) is 1. The van der Waals surface area contributed by atoms with Gasteiger partial charge in [-0.3, -0.25) is 4.79 Å². The van der Waals surface area contributed by atoms with Gasteiger partial charge in [0.05, 0.1) is 5.92 Å². The van der Waals surface area contributed by atoms with Crippen molar-refractivity contribution >= 4 is 5.97 Å². The number of nitrogens with one attached hydrogen (secondary N) is 1. The molecule has 3 heteroatoms. The highest BCUT2D eigenvalue weighted by Gasteiger charge is 2.45. The molecule has 96 valence electrons. The molecule has 1 heterocycles. The lowest BCUT2D eigenvalue weighted by Gasteiger charge is -2.38. The molecule has 1 aliphatic carbocycles. The fourth-order valence-electron chi connectivity index (χ4n) is 2.89. The summed E-state index contributed by atoms with van der Waals surface area (Å²) in [5.74, 6) is -0.0271. The van der Waals surface area contributed by atoms with E-state index in [-0.39, 0.29) is 22.9 Å². The highest BCUT2D eigenvalue weighted by Crippen LogP contribution is 2.43. The molecule has 1 aliphatic heterocycles. The van der Waals surface area contributed by atoms with E-state index < -0.39 is 0 Å². The third-order valence-electron chi connectivity index (χ3n) is 3.66. The van der Waals surface area contributed by atoms with Gasteiger partial charge in [-0.1, -0.05) is 12.2 Å². The molecular formula is C14H23NO2. The van der Waals surface area contributed by atoms with Gasteiger partial charge in [0.15, 0.2) is 0 Å². The molecule has 1 spiro atoms. The van der Waals surface area contributed by atoms with Crippen LogP contribution in [0.2, 0.25) is 0 Å². The summed E-state index contributed by atoms with van der Waals surface area (Å²) in [5, 5.41) is 3.41. The van der Waals surface area contributed by atoms with Gasteiger partial charge < -0.3 is 10.1 Å². The summed E-state index contributed by atoms with van der Waals surface area (Å²) in [5.41, 5.74) is -0.371. The lowest BCUT2D eigenvalue weighted by molar-refractivity contribution is -0.163. The van der Waals surface area contributed by atoms with Gasteiger partial charge in [-0.2, -0.15) is 0 Å². The van der Waals surface area contributed by atoms with E-state index in [1.54, 1.807) is 0 Å². The Bertz CT molecular complexity index is 322. The molecule has 0 aromatic heterocycles. The molecule has 0 radical (unpaired) electrons. The minimum absolute atomic E-state index is 0.00882. The van der Waals surface area contributed by atoms with Crippen molar-refractivity contribution in [1.29, 1.82) is 0 Å². The van der Waals surface area contributed by atoms with Crippen LogP contribution in [0.5, 0.6) is 0 Å². The van der Waals surface area contributed by atoms with E-state index in [4.69, 9.17) is 4.74 Å². The number of carbonyl (C=O) groups excluding carboxylic acids is 1. The van der Waals surface area contributed by atoms with Gasteiger partial charge in [0.25, 0.3) is 0 Å². The maximum absolute atomic E-state index is 12.2. The Kier molecular flexibility index (Phi) is 3.30. The monoisotopic (exact) mass is 237 g/mol. The SMILES string of the molecule is CC(C)(C)OC(=O)C1CC=CC12CCCNC2. The number of esters is 1. The molecule has 2 rings (SSSR count). The van der Waals surface area contributed by atoms with E-state index in [1.165, 1.54) is 0 Å². The van der Waals surface area contributed by atoms with Crippen LogP contribution >= 0.6 is 0 Å². The number of allylic oxidation sites excluding steroid dienone is 1. The molecule has 0 aromatic rings. The second kappa shape index (κ2) is 4.45. The van der Waals surface area contributed by atoms with E-state index in [2.05, 4.69) is 17.5 Å². The first-order valence-electron chi connectivity index (χ1n) is 6.54. The van der Waals surface area contributed by atoms with Crippen molar-refractivity contribution in [2.24, 2.45) is 11.3 Å². The molecule has 17 heavy (non-hydrogen) atoms. The van der Waals surface area contributed by atoms with Crippen molar-refractivity contribution in [3.05, 3.63) is 12.2 Å². The molecular weight excluding hydrogens is 214 g/mol. The van der Waals surface area contributed by atoms with Crippen molar-refractivity contribution in [1.82, 2.24) is 5.32 Å². The Morgan fingerprint density at radius 3 is 2.82 bits per heavy atom. The minimum atomic E-state index is -0.386. The molecule has 0 saturated carbocycles. The van der Waals surface area contributed by atoms with E-state index >= 15 is 0 Å². The molecule has 0 aromatic carbocycles. The quantitative estimate of drug-likeness (QED) is 0.561. The molecule has 1 saturated heterocycles. The van der Waals surface area contributed by atoms with Crippen molar-refractivity contribution in [3.8, 4) is 0 Å². The van der Waals surface area contributed by atoms with E-state index in [9.17, 15) is 4.79 Å². The average Bonchev–Trinajstić information content (AvgIpc) is 2.60. The van der Waals surface area contributed by atoms with Crippen LogP contribution in [0.1, 0.15) is 40.0 Å². The van der Waals surface area contributed by atoms with Crippen LogP contribution in [-0.4, -0.2) is 24.7 Å². The van der Waals surface area contributed by atoms with Crippen LogP contribution in [0, 0.1) is 11.3 Å². The number of rotatable bonds is 1. The maximum atomic E-state index is 12.2. The molecule has 1 fully saturated rings. The molecule has 3 nitrogen and oxygen atoms in total. The van der Waals surface area contributed by atoms with Gasteiger partial charge >= 0.3 is 5.97 Å². The highest BCUT2D eigenvalue weighted by atomic mass is 16.6. The number of carbonyl (C=O) groups is 1. The summed E-state index contributed by atoms with van der Waals surface area (Å²) in [4.78, 5) is 12.2. The van der Waals surface area contributed by atoms with Gasteiger partial charge in [-0.25, -0.2) is 0 Å². The minimum Gasteiger partial charge on any atom is -0.460 e. The predicted octanol–water partition coefficient (Wildman–Crippen LogP) is 2.27. The second-order valence-electron chi connectivity index (χ2n) is 6.24. The zero-order valence-electron chi connectivity index (χ0n) is 11.1. The summed E-state index contributed by atoms with van der Waals surface area (Å²) >= 11 is 0. The van der Waals surface area contributed by atoms with Gasteiger partial charge in [-0.05, 0) is 46.6 Å². The Morgan fingerprint density at radius 2 is 2.24 bits per heavy atom. The van der Waals surface area contributed by atoms with Crippen molar-refractivity contribution in [3.63, 3.8) is 0 Å². The van der Waals surface area contributed by atoms with Crippen LogP contribution in [0.15, 0.2) is 12.2 Å². The lowest BCUT2D eigenvalue weighted by Crippen LogP contribution is -2.46. The van der Waals surface area contributed by atoms with Crippen LogP contribution in [0.4, 0.5) is 0 Å². The number of piperidine rings is 1. The number of hydrogen-bond acceptors (Lipinski definition) is 3. The standard InChI is InChI=1S/C14H23NO2/c1-13(2,3)17-12(16)11-6-4-7-14(11)8-5-9-15-10-14/h4,7,11,15H,5-6,8-10H2,1-3H3. The predicted molar refractivity (Wildman–Crippen MR) is 67.6 cm³/mol. The maximum Gasteiger partial charge on any atom is 0.310 e. The average molecular weight is 237 g/mol. The first-order chi connectivity index (χ1) is 7.93. The fourth-order valence-corrected chi connectivity index (χ4v) is 2.89. The summed E-state index contributed by atoms with van der Waals surface area (Å²) < 4.78 is 5.54. The van der Waals surface area contributed by atoms with Gasteiger partial charge in [0.2, 0.25) is 0 Å². The Hall–Kier alpha value is -0.830. The lowest BCUT2D eigenvalue weighted by atomic mass is 9.73. The van der Waals surface area contributed by atoms with Crippen molar-refractivity contribution in [2.75, 3.05) is 13.1 Å². The Labute approximate surface area is 104 Å². The highest BCUT2D eigenvalue weighted by molar-refractivity contribution is 5.75. The van der Waals surface area contributed by atoms with Gasteiger partial charge in [0.1, 0.15) is 5.60 Å². The fraction of sp³-hybridized carbons (Fsp3) is 0.786.